The number of anilines is 1. The van der Waals surface area contributed by atoms with Crippen LogP contribution in [-0.2, 0) is 20.7 Å². The highest BCUT2D eigenvalue weighted by atomic mass is 32.2. The number of aromatic nitrogens is 1. The molecule has 0 unspecified atom stereocenters. The van der Waals surface area contributed by atoms with Gasteiger partial charge in [0.15, 0.2) is 4.34 Å². The molecule has 1 aromatic carbocycles. The van der Waals surface area contributed by atoms with Crippen molar-refractivity contribution in [2.75, 3.05) is 11.9 Å². The van der Waals surface area contributed by atoms with E-state index in [9.17, 15) is 14.0 Å². The highest BCUT2D eigenvalue weighted by Crippen LogP contribution is 2.28. The lowest BCUT2D eigenvalue weighted by Crippen LogP contribution is -2.22. The lowest BCUT2D eigenvalue weighted by molar-refractivity contribution is -0.142. The van der Waals surface area contributed by atoms with E-state index in [1.54, 1.807) is 31.4 Å². The predicted molar refractivity (Wildman–Crippen MR) is 92.8 cm³/mol. The number of thioether (sulfide) groups is 1. The molecule has 0 saturated heterocycles. The molecule has 24 heavy (non-hydrogen) atoms. The molecule has 2 aromatic rings. The summed E-state index contributed by atoms with van der Waals surface area (Å²) in [5, 5.41) is 3.87. The van der Waals surface area contributed by atoms with Crippen LogP contribution in [0.15, 0.2) is 34.0 Å². The standard InChI is InChI=1S/C16H17FN2O3S2/c1-3-22-14(20)8-11-9-23-16(18-11)24-10(2)15(21)19-13-7-5-4-6-12(13)17/h4-7,9-10H,3,8H2,1-2H3,(H,19,21)/t10-/m1/s1. The number of halogens is 1. The predicted octanol–water partition coefficient (Wildman–Crippen LogP) is 3.51. The van der Waals surface area contributed by atoms with E-state index in [2.05, 4.69) is 10.3 Å². The highest BCUT2D eigenvalue weighted by Gasteiger charge is 2.18. The quantitative estimate of drug-likeness (QED) is 0.598. The van der Waals surface area contributed by atoms with E-state index >= 15 is 0 Å². The zero-order valence-electron chi connectivity index (χ0n) is 13.2. The van der Waals surface area contributed by atoms with E-state index < -0.39 is 11.1 Å². The average Bonchev–Trinajstić information content (AvgIpc) is 2.96. The SMILES string of the molecule is CCOC(=O)Cc1csc(S[C@H](C)C(=O)Nc2ccccc2F)n1. The van der Waals surface area contributed by atoms with Gasteiger partial charge >= 0.3 is 5.97 Å². The van der Waals surface area contributed by atoms with Crippen molar-refractivity contribution in [1.82, 2.24) is 4.98 Å². The van der Waals surface area contributed by atoms with Crippen molar-refractivity contribution in [2.24, 2.45) is 0 Å². The molecule has 0 radical (unpaired) electrons. The minimum atomic E-state index is -0.478. The van der Waals surface area contributed by atoms with Crippen LogP contribution in [0.1, 0.15) is 19.5 Å². The largest absolute Gasteiger partial charge is 0.466 e. The Morgan fingerprint density at radius 3 is 2.88 bits per heavy atom. The number of hydrogen-bond donors (Lipinski definition) is 1. The van der Waals surface area contributed by atoms with Crippen molar-refractivity contribution in [3.8, 4) is 0 Å². The van der Waals surface area contributed by atoms with Gasteiger partial charge in [-0.2, -0.15) is 0 Å². The lowest BCUT2D eigenvalue weighted by atomic mass is 10.3. The average molecular weight is 368 g/mol. The van der Waals surface area contributed by atoms with Gasteiger partial charge in [0.25, 0.3) is 0 Å². The van der Waals surface area contributed by atoms with Gasteiger partial charge < -0.3 is 10.1 Å². The maximum Gasteiger partial charge on any atom is 0.311 e. The fourth-order valence-corrected chi connectivity index (χ4v) is 3.77. The molecule has 0 fully saturated rings. The normalized spacial score (nSPS) is 11.8. The van der Waals surface area contributed by atoms with E-state index in [1.165, 1.54) is 35.2 Å². The first-order chi connectivity index (χ1) is 11.5. The minimum absolute atomic E-state index is 0.112. The molecule has 0 bridgehead atoms. The second-order valence-corrected chi connectivity index (χ2v) is 7.26. The van der Waals surface area contributed by atoms with Crippen LogP contribution in [0.3, 0.4) is 0 Å². The van der Waals surface area contributed by atoms with Crippen LogP contribution in [0, 0.1) is 5.82 Å². The van der Waals surface area contributed by atoms with Crippen LogP contribution in [0.5, 0.6) is 0 Å². The maximum absolute atomic E-state index is 13.6. The van der Waals surface area contributed by atoms with Gasteiger partial charge in [0.05, 0.1) is 29.7 Å². The molecule has 0 aliphatic heterocycles. The summed E-state index contributed by atoms with van der Waals surface area (Å²) < 4.78 is 19.1. The number of para-hydroxylation sites is 1. The molecule has 8 heteroatoms. The van der Waals surface area contributed by atoms with Gasteiger partial charge in [-0.3, -0.25) is 9.59 Å². The van der Waals surface area contributed by atoms with Gasteiger partial charge in [-0.25, -0.2) is 9.37 Å². The van der Waals surface area contributed by atoms with Crippen molar-refractivity contribution >= 4 is 40.7 Å². The zero-order chi connectivity index (χ0) is 17.5. The van der Waals surface area contributed by atoms with E-state index in [1.807, 2.05) is 0 Å². The Hall–Kier alpha value is -1.93. The fraction of sp³-hybridized carbons (Fsp3) is 0.312. The number of carbonyl (C=O) groups is 2. The molecule has 1 heterocycles. The van der Waals surface area contributed by atoms with E-state index in [-0.39, 0.29) is 24.0 Å². The second kappa shape index (κ2) is 8.79. The Balaban J connectivity index is 1.91. The van der Waals surface area contributed by atoms with Crippen molar-refractivity contribution in [2.45, 2.75) is 29.9 Å². The number of esters is 1. The number of amides is 1. The van der Waals surface area contributed by atoms with Crippen molar-refractivity contribution in [3.05, 3.63) is 41.2 Å². The third-order valence-corrected chi connectivity index (χ3v) is 5.06. The van der Waals surface area contributed by atoms with E-state index in [0.29, 0.717) is 16.6 Å². The molecule has 0 aliphatic carbocycles. The first-order valence-corrected chi connectivity index (χ1v) is 9.07. The summed E-state index contributed by atoms with van der Waals surface area (Å²) >= 11 is 2.61. The first kappa shape index (κ1) is 18.4. The summed E-state index contributed by atoms with van der Waals surface area (Å²) in [4.78, 5) is 27.9. The third-order valence-electron chi connectivity index (χ3n) is 2.94. The number of nitrogens with zero attached hydrogens (tertiary/aromatic N) is 1. The summed E-state index contributed by atoms with van der Waals surface area (Å²) in [6.07, 6.45) is 0.112. The van der Waals surface area contributed by atoms with Crippen LogP contribution in [0.4, 0.5) is 10.1 Å². The zero-order valence-corrected chi connectivity index (χ0v) is 14.9. The van der Waals surface area contributed by atoms with Crippen molar-refractivity contribution < 1.29 is 18.7 Å². The number of benzene rings is 1. The summed E-state index contributed by atoms with van der Waals surface area (Å²) in [5.74, 6) is -1.12. The molecule has 1 N–H and O–H groups in total. The van der Waals surface area contributed by atoms with Gasteiger partial charge in [-0.1, -0.05) is 23.9 Å². The Kier molecular flexibility index (Phi) is 6.74. The highest BCUT2D eigenvalue weighted by molar-refractivity contribution is 8.02. The molecule has 1 atom stereocenters. The summed E-state index contributed by atoms with van der Waals surface area (Å²) in [7, 11) is 0. The van der Waals surface area contributed by atoms with Crippen LogP contribution < -0.4 is 5.32 Å². The van der Waals surface area contributed by atoms with Gasteiger partial charge in [0.1, 0.15) is 5.82 Å². The Morgan fingerprint density at radius 2 is 2.17 bits per heavy atom. The molecule has 1 amide bonds. The van der Waals surface area contributed by atoms with E-state index in [0.717, 1.165) is 0 Å². The lowest BCUT2D eigenvalue weighted by Gasteiger charge is -2.10. The van der Waals surface area contributed by atoms with Crippen LogP contribution in [0.2, 0.25) is 0 Å². The van der Waals surface area contributed by atoms with Gasteiger partial charge in [0, 0.05) is 5.38 Å². The van der Waals surface area contributed by atoms with Crippen LogP contribution >= 0.6 is 23.1 Å². The van der Waals surface area contributed by atoms with Crippen molar-refractivity contribution in [3.63, 3.8) is 0 Å². The topological polar surface area (TPSA) is 68.3 Å². The third kappa shape index (κ3) is 5.31. The molecule has 1 aromatic heterocycles. The van der Waals surface area contributed by atoms with Gasteiger partial charge in [-0.15, -0.1) is 11.3 Å². The first-order valence-electron chi connectivity index (χ1n) is 7.31. The van der Waals surface area contributed by atoms with Gasteiger partial charge in [-0.05, 0) is 26.0 Å². The second-order valence-electron chi connectivity index (χ2n) is 4.82. The fourth-order valence-electron chi connectivity index (χ4n) is 1.79. The number of hydrogen-bond acceptors (Lipinski definition) is 6. The monoisotopic (exact) mass is 368 g/mol. The summed E-state index contributed by atoms with van der Waals surface area (Å²) in [5.41, 5.74) is 0.764. The number of rotatable bonds is 7. The number of nitrogens with one attached hydrogen (secondary N) is 1. The number of ether oxygens (including phenoxy) is 1. The van der Waals surface area contributed by atoms with Crippen molar-refractivity contribution in [1.29, 1.82) is 0 Å². The molecule has 0 saturated carbocycles. The molecule has 0 aliphatic rings. The maximum atomic E-state index is 13.6. The molecular weight excluding hydrogens is 351 g/mol. The molecular formula is C16H17FN2O3S2. The minimum Gasteiger partial charge on any atom is -0.466 e. The smallest absolute Gasteiger partial charge is 0.311 e. The summed E-state index contributed by atoms with van der Waals surface area (Å²) in [6, 6.07) is 6.00. The number of carbonyl (C=O) groups excluding carboxylic acids is 2. The van der Waals surface area contributed by atoms with Gasteiger partial charge in [0.2, 0.25) is 5.91 Å². The number of thiazole rings is 1. The molecule has 0 spiro atoms. The molecule has 5 nitrogen and oxygen atoms in total. The molecule has 128 valence electrons. The Labute approximate surface area is 147 Å². The molecule has 2 rings (SSSR count). The summed E-state index contributed by atoms with van der Waals surface area (Å²) in [6.45, 7) is 3.79. The Morgan fingerprint density at radius 1 is 1.42 bits per heavy atom. The van der Waals surface area contributed by atoms with E-state index in [4.69, 9.17) is 4.74 Å². The van der Waals surface area contributed by atoms with Crippen LogP contribution in [0.25, 0.3) is 0 Å². The van der Waals surface area contributed by atoms with Crippen LogP contribution in [-0.4, -0.2) is 28.7 Å². The Bertz CT molecular complexity index is 721.